The van der Waals surface area contributed by atoms with Crippen molar-refractivity contribution in [1.29, 1.82) is 0 Å². The molecule has 0 aliphatic carbocycles. The van der Waals surface area contributed by atoms with Crippen molar-refractivity contribution in [1.82, 2.24) is 0 Å². The molecule has 1 rings (SSSR count). The average molecular weight is 292 g/mol. The van der Waals surface area contributed by atoms with Gasteiger partial charge in [0.25, 0.3) is 0 Å². The quantitative estimate of drug-likeness (QED) is 0.601. The molecular weight excluding hydrogens is 272 g/mol. The van der Waals surface area contributed by atoms with Gasteiger partial charge in [0.15, 0.2) is 20.0 Å². The number of hydrogen-bond donors (Lipinski definition) is 1. The highest BCUT2D eigenvalue weighted by molar-refractivity contribution is 6.69. The van der Waals surface area contributed by atoms with E-state index in [0.717, 1.165) is 0 Å². The summed E-state index contributed by atoms with van der Waals surface area (Å²) in [6, 6.07) is 0. The lowest BCUT2D eigenvalue weighted by Gasteiger charge is -2.30. The summed E-state index contributed by atoms with van der Waals surface area (Å²) in [6.07, 6.45) is -2.58. The fourth-order valence-corrected chi connectivity index (χ4v) is 2.84. The number of carbonyl (C=O) groups is 2. The number of cyclic esters (lactones) is 1. The van der Waals surface area contributed by atoms with E-state index in [0.29, 0.717) is 0 Å². The van der Waals surface area contributed by atoms with E-state index >= 15 is 0 Å². The van der Waals surface area contributed by atoms with Crippen molar-refractivity contribution in [3.05, 3.63) is 0 Å². The Hall–Kier alpha value is -1.12. The first kappa shape index (κ1) is 15.9. The van der Waals surface area contributed by atoms with Gasteiger partial charge in [0.1, 0.15) is 12.7 Å². The van der Waals surface area contributed by atoms with E-state index in [1.807, 2.05) is 19.6 Å². The molecule has 7 nitrogen and oxygen atoms in total. The van der Waals surface area contributed by atoms with Crippen molar-refractivity contribution in [3.63, 3.8) is 0 Å². The van der Waals surface area contributed by atoms with E-state index < -0.39 is 38.3 Å². The Morgan fingerprint density at radius 1 is 1.47 bits per heavy atom. The third kappa shape index (κ3) is 3.92. The maximum Gasteiger partial charge on any atom is 0.508 e. The number of rotatable bonds is 4. The molecule has 1 heterocycles. The topological polar surface area (TPSA) is 91.3 Å². The Bertz CT molecular complexity index is 361. The van der Waals surface area contributed by atoms with Crippen LogP contribution in [0.15, 0.2) is 0 Å². The number of aliphatic hydroxyl groups is 1. The third-order valence-electron chi connectivity index (χ3n) is 2.58. The molecule has 0 aromatic carbocycles. The van der Waals surface area contributed by atoms with Gasteiger partial charge in [-0.05, 0) is 26.6 Å². The van der Waals surface area contributed by atoms with Crippen LogP contribution in [0, 0.1) is 0 Å². The van der Waals surface area contributed by atoms with Gasteiger partial charge in [-0.25, -0.2) is 9.59 Å². The molecule has 110 valence electrons. The summed E-state index contributed by atoms with van der Waals surface area (Å²) in [5.41, 5.74) is -1.75. The van der Waals surface area contributed by atoms with E-state index in [9.17, 15) is 14.7 Å². The molecule has 0 amide bonds. The predicted molar refractivity (Wildman–Crippen MR) is 67.1 cm³/mol. The molecule has 1 N–H and O–H groups in total. The second-order valence-electron chi connectivity index (χ2n) is 5.51. The molecule has 0 saturated carbocycles. The van der Waals surface area contributed by atoms with Gasteiger partial charge in [0.05, 0.1) is 7.11 Å². The van der Waals surface area contributed by atoms with Crippen molar-refractivity contribution in [3.8, 4) is 0 Å². The molecule has 1 aliphatic rings. The van der Waals surface area contributed by atoms with Gasteiger partial charge in [-0.3, -0.25) is 0 Å². The normalized spacial score (nSPS) is 30.9. The number of ether oxygens (including phenoxy) is 3. The van der Waals surface area contributed by atoms with Crippen LogP contribution in [0.4, 0.5) is 4.79 Å². The van der Waals surface area contributed by atoms with Gasteiger partial charge in [0.2, 0.25) is 0 Å². The SMILES string of the molecule is COC(=O)OC[C@H]1OC(=O)[C@@](C)(O)[C@@H]1O[Si](C)(C)C. The Labute approximate surface area is 112 Å². The van der Waals surface area contributed by atoms with Gasteiger partial charge >= 0.3 is 12.1 Å². The second kappa shape index (κ2) is 5.47. The molecule has 3 atom stereocenters. The molecule has 0 unspecified atom stereocenters. The summed E-state index contributed by atoms with van der Waals surface area (Å²) in [4.78, 5) is 22.5. The highest BCUT2D eigenvalue weighted by Crippen LogP contribution is 2.31. The molecule has 0 radical (unpaired) electrons. The molecule has 19 heavy (non-hydrogen) atoms. The minimum absolute atomic E-state index is 0.219. The van der Waals surface area contributed by atoms with Crippen LogP contribution in [0.3, 0.4) is 0 Å². The van der Waals surface area contributed by atoms with E-state index in [1.54, 1.807) is 0 Å². The van der Waals surface area contributed by atoms with Crippen LogP contribution >= 0.6 is 0 Å². The summed E-state index contributed by atoms with van der Waals surface area (Å²) in [7, 11) is -0.835. The average Bonchev–Trinajstić information content (AvgIpc) is 2.48. The first-order chi connectivity index (χ1) is 8.58. The maximum absolute atomic E-state index is 11.6. The fraction of sp³-hybridized carbons (Fsp3) is 0.818. The lowest BCUT2D eigenvalue weighted by Crippen LogP contribution is -2.50. The molecule has 1 saturated heterocycles. The zero-order valence-electron chi connectivity index (χ0n) is 11.8. The first-order valence-electron chi connectivity index (χ1n) is 5.90. The molecule has 0 bridgehead atoms. The van der Waals surface area contributed by atoms with Crippen LogP contribution in [-0.2, 0) is 23.4 Å². The Morgan fingerprint density at radius 2 is 2.05 bits per heavy atom. The number of hydrogen-bond acceptors (Lipinski definition) is 7. The standard InChI is InChI=1S/C11H20O7Si/c1-11(14)8(18-19(3,4)5)7(17-9(11)12)6-16-10(13)15-2/h7-8,14H,6H2,1-5H3/t7-,8-,11+/m1/s1. The van der Waals surface area contributed by atoms with Crippen LogP contribution in [0.5, 0.6) is 0 Å². The summed E-state index contributed by atoms with van der Waals surface area (Å²) >= 11 is 0. The monoisotopic (exact) mass is 292 g/mol. The van der Waals surface area contributed by atoms with Crippen LogP contribution in [0.1, 0.15) is 6.92 Å². The molecule has 8 heteroatoms. The van der Waals surface area contributed by atoms with Crippen molar-refractivity contribution in [2.75, 3.05) is 13.7 Å². The van der Waals surface area contributed by atoms with Crippen LogP contribution in [0.2, 0.25) is 19.6 Å². The number of carbonyl (C=O) groups excluding carboxylic acids is 2. The fourth-order valence-electron chi connectivity index (χ4n) is 1.70. The molecular formula is C11H20O7Si. The Morgan fingerprint density at radius 3 is 2.53 bits per heavy atom. The summed E-state index contributed by atoms with van der Waals surface area (Å²) < 4.78 is 19.9. The van der Waals surface area contributed by atoms with Gasteiger partial charge < -0.3 is 23.7 Å². The van der Waals surface area contributed by atoms with Gasteiger partial charge in [0, 0.05) is 0 Å². The summed E-state index contributed by atoms with van der Waals surface area (Å²) in [5.74, 6) is -0.783. The summed E-state index contributed by atoms with van der Waals surface area (Å²) in [5, 5.41) is 10.1. The zero-order chi connectivity index (χ0) is 14.8. The van der Waals surface area contributed by atoms with Crippen molar-refractivity contribution in [2.24, 2.45) is 0 Å². The minimum Gasteiger partial charge on any atom is -0.454 e. The lowest BCUT2D eigenvalue weighted by molar-refractivity contribution is -0.155. The predicted octanol–water partition coefficient (Wildman–Crippen LogP) is 0.666. The van der Waals surface area contributed by atoms with Gasteiger partial charge in [-0.2, -0.15) is 0 Å². The molecule has 0 spiro atoms. The summed E-state index contributed by atoms with van der Waals surface area (Å²) in [6.45, 7) is 6.88. The second-order valence-corrected chi connectivity index (χ2v) is 9.97. The minimum atomic E-state index is -2.01. The van der Waals surface area contributed by atoms with E-state index in [4.69, 9.17) is 13.9 Å². The van der Waals surface area contributed by atoms with Crippen LogP contribution in [0.25, 0.3) is 0 Å². The van der Waals surface area contributed by atoms with Gasteiger partial charge in [-0.1, -0.05) is 0 Å². The van der Waals surface area contributed by atoms with Crippen molar-refractivity contribution in [2.45, 2.75) is 44.4 Å². The first-order valence-corrected chi connectivity index (χ1v) is 9.31. The van der Waals surface area contributed by atoms with Gasteiger partial charge in [-0.15, -0.1) is 0 Å². The number of esters is 1. The zero-order valence-corrected chi connectivity index (χ0v) is 12.8. The van der Waals surface area contributed by atoms with Crippen LogP contribution < -0.4 is 0 Å². The smallest absolute Gasteiger partial charge is 0.454 e. The molecule has 1 aliphatic heterocycles. The van der Waals surface area contributed by atoms with Crippen molar-refractivity contribution < 1.29 is 33.3 Å². The highest BCUT2D eigenvalue weighted by Gasteiger charge is 2.55. The Balaban J connectivity index is 2.78. The lowest BCUT2D eigenvalue weighted by atomic mass is 9.99. The van der Waals surface area contributed by atoms with E-state index in [-0.39, 0.29) is 6.61 Å². The van der Waals surface area contributed by atoms with E-state index in [2.05, 4.69) is 4.74 Å². The largest absolute Gasteiger partial charge is 0.508 e. The van der Waals surface area contributed by atoms with Crippen molar-refractivity contribution >= 4 is 20.4 Å². The number of methoxy groups -OCH3 is 1. The molecule has 0 aromatic heterocycles. The molecule has 1 fully saturated rings. The highest BCUT2D eigenvalue weighted by atomic mass is 28.4. The Kier molecular flexibility index (Phi) is 4.59. The van der Waals surface area contributed by atoms with Crippen LogP contribution in [-0.4, -0.2) is 57.1 Å². The third-order valence-corrected chi connectivity index (χ3v) is 3.54. The maximum atomic E-state index is 11.6. The van der Waals surface area contributed by atoms with E-state index in [1.165, 1.54) is 14.0 Å². The molecule has 0 aromatic rings.